The molecule has 0 aliphatic carbocycles. The van der Waals surface area contributed by atoms with E-state index in [1.54, 1.807) is 12.4 Å². The van der Waals surface area contributed by atoms with Gasteiger partial charge in [0.25, 0.3) is 0 Å². The van der Waals surface area contributed by atoms with Gasteiger partial charge in [0.1, 0.15) is 6.04 Å². The van der Waals surface area contributed by atoms with E-state index in [9.17, 15) is 4.79 Å². The van der Waals surface area contributed by atoms with Crippen molar-refractivity contribution >= 4 is 5.97 Å². The van der Waals surface area contributed by atoms with Gasteiger partial charge in [-0.15, -0.1) is 0 Å². The molecule has 0 radical (unpaired) electrons. The number of methoxy groups -OCH3 is 1. The fourth-order valence-corrected chi connectivity index (χ4v) is 2.87. The highest BCUT2D eigenvalue weighted by molar-refractivity contribution is 5.77. The third kappa shape index (κ3) is 4.25. The van der Waals surface area contributed by atoms with Crippen LogP contribution in [0.2, 0.25) is 0 Å². The lowest BCUT2D eigenvalue weighted by Gasteiger charge is -2.38. The van der Waals surface area contributed by atoms with Gasteiger partial charge >= 0.3 is 5.97 Å². The fourth-order valence-electron chi connectivity index (χ4n) is 2.87. The van der Waals surface area contributed by atoms with E-state index < -0.39 is 0 Å². The molecule has 21 heavy (non-hydrogen) atoms. The lowest BCUT2D eigenvalue weighted by atomic mass is 10.1. The molecule has 116 valence electrons. The SMILES string of the molecule is COC(=O)[C@@H](c1cccnc1)N1CCN(CC(C)C)CC1. The van der Waals surface area contributed by atoms with E-state index in [-0.39, 0.29) is 12.0 Å². The topological polar surface area (TPSA) is 45.7 Å². The Morgan fingerprint density at radius 1 is 1.33 bits per heavy atom. The Hall–Kier alpha value is -1.46. The van der Waals surface area contributed by atoms with Crippen LogP contribution in [0.5, 0.6) is 0 Å². The second kappa shape index (κ2) is 7.52. The molecule has 1 aliphatic rings. The molecule has 0 unspecified atom stereocenters. The Kier molecular flexibility index (Phi) is 5.70. The molecule has 0 bridgehead atoms. The van der Waals surface area contributed by atoms with Gasteiger partial charge in [-0.05, 0) is 17.5 Å². The highest BCUT2D eigenvalue weighted by Crippen LogP contribution is 2.23. The molecule has 1 saturated heterocycles. The molecular formula is C16H25N3O2. The largest absolute Gasteiger partial charge is 0.468 e. The lowest BCUT2D eigenvalue weighted by Crippen LogP contribution is -2.50. The van der Waals surface area contributed by atoms with E-state index >= 15 is 0 Å². The van der Waals surface area contributed by atoms with Crippen molar-refractivity contribution in [1.29, 1.82) is 0 Å². The van der Waals surface area contributed by atoms with Crippen LogP contribution in [0.25, 0.3) is 0 Å². The molecule has 2 heterocycles. The van der Waals surface area contributed by atoms with Gasteiger partial charge in [0, 0.05) is 45.1 Å². The summed E-state index contributed by atoms with van der Waals surface area (Å²) >= 11 is 0. The Balaban J connectivity index is 2.05. The molecule has 1 aromatic rings. The number of esters is 1. The molecule has 0 N–H and O–H groups in total. The molecule has 1 fully saturated rings. The number of nitrogens with zero attached hydrogens (tertiary/aromatic N) is 3. The summed E-state index contributed by atoms with van der Waals surface area (Å²) in [6.45, 7) is 9.32. The van der Waals surface area contributed by atoms with Crippen LogP contribution in [-0.4, -0.2) is 60.6 Å². The van der Waals surface area contributed by atoms with Crippen molar-refractivity contribution in [1.82, 2.24) is 14.8 Å². The Morgan fingerprint density at radius 2 is 2.05 bits per heavy atom. The van der Waals surface area contributed by atoms with Gasteiger partial charge in [-0.25, -0.2) is 4.79 Å². The third-order valence-corrected chi connectivity index (χ3v) is 3.82. The number of aromatic nitrogens is 1. The van der Waals surface area contributed by atoms with Gasteiger partial charge in [0.15, 0.2) is 0 Å². The number of carbonyl (C=O) groups excluding carboxylic acids is 1. The van der Waals surface area contributed by atoms with Crippen LogP contribution in [0.3, 0.4) is 0 Å². The predicted molar refractivity (Wildman–Crippen MR) is 81.8 cm³/mol. The van der Waals surface area contributed by atoms with Gasteiger partial charge in [0.2, 0.25) is 0 Å². The first-order valence-electron chi connectivity index (χ1n) is 7.56. The molecule has 1 atom stereocenters. The summed E-state index contributed by atoms with van der Waals surface area (Å²) in [7, 11) is 1.45. The van der Waals surface area contributed by atoms with Gasteiger partial charge < -0.3 is 9.64 Å². The Bertz CT molecular complexity index is 442. The van der Waals surface area contributed by atoms with E-state index in [2.05, 4.69) is 28.6 Å². The molecule has 0 aromatic carbocycles. The molecule has 2 rings (SSSR count). The van der Waals surface area contributed by atoms with Crippen molar-refractivity contribution in [2.24, 2.45) is 5.92 Å². The number of ether oxygens (including phenoxy) is 1. The van der Waals surface area contributed by atoms with Crippen LogP contribution in [0, 0.1) is 5.92 Å². The molecule has 5 heteroatoms. The number of rotatable bonds is 5. The standard InChI is InChI=1S/C16H25N3O2/c1-13(2)12-18-7-9-19(10-8-18)15(16(20)21-3)14-5-4-6-17-11-14/h4-6,11,13,15H,7-10,12H2,1-3H3/t15-/m1/s1. The molecule has 0 spiro atoms. The molecule has 0 amide bonds. The zero-order valence-corrected chi connectivity index (χ0v) is 13.2. The quantitative estimate of drug-likeness (QED) is 0.771. The first-order chi connectivity index (χ1) is 10.1. The van der Waals surface area contributed by atoms with Crippen molar-refractivity contribution in [2.45, 2.75) is 19.9 Å². The fraction of sp³-hybridized carbons (Fsp3) is 0.625. The van der Waals surface area contributed by atoms with Crippen molar-refractivity contribution in [3.8, 4) is 0 Å². The summed E-state index contributed by atoms with van der Waals surface area (Å²) < 4.78 is 4.99. The summed E-state index contributed by atoms with van der Waals surface area (Å²) in [6.07, 6.45) is 3.47. The van der Waals surface area contributed by atoms with E-state index in [1.807, 2.05) is 12.1 Å². The van der Waals surface area contributed by atoms with E-state index in [0.717, 1.165) is 38.3 Å². The highest BCUT2D eigenvalue weighted by atomic mass is 16.5. The van der Waals surface area contributed by atoms with Gasteiger partial charge in [-0.1, -0.05) is 19.9 Å². The first kappa shape index (κ1) is 15.9. The Morgan fingerprint density at radius 3 is 2.57 bits per heavy atom. The summed E-state index contributed by atoms with van der Waals surface area (Å²) in [5.41, 5.74) is 0.904. The van der Waals surface area contributed by atoms with Gasteiger partial charge in [-0.2, -0.15) is 0 Å². The number of hydrogen-bond donors (Lipinski definition) is 0. The van der Waals surface area contributed by atoms with Gasteiger partial charge in [-0.3, -0.25) is 9.88 Å². The van der Waals surface area contributed by atoms with E-state index in [1.165, 1.54) is 7.11 Å². The minimum absolute atomic E-state index is 0.208. The minimum Gasteiger partial charge on any atom is -0.468 e. The van der Waals surface area contributed by atoms with Gasteiger partial charge in [0.05, 0.1) is 7.11 Å². The monoisotopic (exact) mass is 291 g/mol. The minimum atomic E-state index is -0.343. The average molecular weight is 291 g/mol. The molecule has 1 aromatic heterocycles. The van der Waals surface area contributed by atoms with Crippen LogP contribution in [-0.2, 0) is 9.53 Å². The van der Waals surface area contributed by atoms with E-state index in [0.29, 0.717) is 5.92 Å². The number of hydrogen-bond acceptors (Lipinski definition) is 5. The zero-order valence-electron chi connectivity index (χ0n) is 13.2. The van der Waals surface area contributed by atoms with Crippen molar-refractivity contribution < 1.29 is 9.53 Å². The average Bonchev–Trinajstić information content (AvgIpc) is 2.49. The van der Waals surface area contributed by atoms with E-state index in [4.69, 9.17) is 4.74 Å². The molecular weight excluding hydrogens is 266 g/mol. The van der Waals surface area contributed by atoms with Crippen LogP contribution in [0.4, 0.5) is 0 Å². The molecule has 5 nitrogen and oxygen atoms in total. The summed E-state index contributed by atoms with van der Waals surface area (Å²) in [5.74, 6) is 0.464. The smallest absolute Gasteiger partial charge is 0.327 e. The summed E-state index contributed by atoms with van der Waals surface area (Å²) in [6, 6.07) is 3.46. The summed E-state index contributed by atoms with van der Waals surface area (Å²) in [4.78, 5) is 20.9. The molecule has 0 saturated carbocycles. The summed E-state index contributed by atoms with van der Waals surface area (Å²) in [5, 5.41) is 0. The van der Waals surface area contributed by atoms with Crippen LogP contribution in [0.15, 0.2) is 24.5 Å². The maximum Gasteiger partial charge on any atom is 0.327 e. The van der Waals surface area contributed by atoms with Crippen molar-refractivity contribution in [3.05, 3.63) is 30.1 Å². The highest BCUT2D eigenvalue weighted by Gasteiger charge is 2.31. The number of pyridine rings is 1. The second-order valence-corrected chi connectivity index (χ2v) is 5.94. The third-order valence-electron chi connectivity index (χ3n) is 3.82. The maximum absolute atomic E-state index is 12.2. The second-order valence-electron chi connectivity index (χ2n) is 5.94. The van der Waals surface area contributed by atoms with Crippen molar-refractivity contribution in [2.75, 3.05) is 39.8 Å². The number of piperazine rings is 1. The maximum atomic E-state index is 12.2. The van der Waals surface area contributed by atoms with Crippen LogP contribution >= 0.6 is 0 Å². The normalized spacial score (nSPS) is 18.7. The van der Waals surface area contributed by atoms with Crippen LogP contribution < -0.4 is 0 Å². The predicted octanol–water partition coefficient (Wildman–Crippen LogP) is 1.57. The lowest BCUT2D eigenvalue weighted by molar-refractivity contribution is -0.148. The number of carbonyl (C=O) groups is 1. The Labute approximate surface area is 126 Å². The first-order valence-corrected chi connectivity index (χ1v) is 7.56. The van der Waals surface area contributed by atoms with Crippen LogP contribution in [0.1, 0.15) is 25.5 Å². The molecule has 1 aliphatic heterocycles. The van der Waals surface area contributed by atoms with Crippen molar-refractivity contribution in [3.63, 3.8) is 0 Å². The zero-order chi connectivity index (χ0) is 15.2.